The van der Waals surface area contributed by atoms with E-state index in [4.69, 9.17) is 28.8 Å². The second-order valence-electron chi connectivity index (χ2n) is 11.6. The second-order valence-corrected chi connectivity index (χ2v) is 11.6. The molecule has 0 aliphatic heterocycles. The molecule has 0 amide bonds. The van der Waals surface area contributed by atoms with Crippen molar-refractivity contribution in [3.05, 3.63) is 199 Å². The summed E-state index contributed by atoms with van der Waals surface area (Å²) in [5.41, 5.74) is -8.88. The fourth-order valence-electron chi connectivity index (χ4n) is 6.18. The topological polar surface area (TPSA) is 48.5 Å². The molecule has 3 heterocycles. The molecular weight excluding hydrogens is 683 g/mol. The molecule has 0 unspecified atom stereocenters. The molecule has 0 fully saturated rings. The van der Waals surface area contributed by atoms with Crippen molar-refractivity contribution in [2.24, 2.45) is 0 Å². The highest BCUT2D eigenvalue weighted by atomic mass is 15.2. The molecule has 8 aromatic carbocycles. The van der Waals surface area contributed by atoms with Gasteiger partial charge in [-0.25, -0.2) is 4.98 Å². The minimum Gasteiger partial charge on any atom is -0.309 e. The van der Waals surface area contributed by atoms with Gasteiger partial charge in [0.1, 0.15) is 0 Å². The molecule has 262 valence electrons. The number of fused-ring (bicyclic) bond motifs is 7. The van der Waals surface area contributed by atoms with Crippen molar-refractivity contribution in [3.63, 3.8) is 0 Å². The van der Waals surface area contributed by atoms with Crippen LogP contribution >= 0.6 is 0 Å². The fourth-order valence-corrected chi connectivity index (χ4v) is 6.18. The molecule has 56 heavy (non-hydrogen) atoms. The Morgan fingerprint density at radius 2 is 0.750 bits per heavy atom. The first kappa shape index (κ1) is 13.0. The molecule has 0 saturated heterocycles. The Bertz CT molecular complexity index is 5070. The lowest BCUT2D eigenvalue weighted by molar-refractivity contribution is 0.953. The van der Waals surface area contributed by atoms with Crippen molar-refractivity contribution in [2.75, 3.05) is 0 Å². The molecule has 0 saturated carbocycles. The molecule has 5 heteroatoms. The molecule has 0 spiro atoms. The largest absolute Gasteiger partial charge is 0.309 e. The van der Waals surface area contributed by atoms with Gasteiger partial charge in [0, 0.05) is 38.4 Å². The van der Waals surface area contributed by atoms with Crippen molar-refractivity contribution < 1.29 is 45.2 Å². The van der Waals surface area contributed by atoms with E-state index in [1.165, 1.54) is 0 Å². The summed E-state index contributed by atoms with van der Waals surface area (Å²) in [5.74, 6) is -2.92. The number of rotatable bonds is 6. The van der Waals surface area contributed by atoms with Crippen molar-refractivity contribution >= 4 is 43.6 Å². The fraction of sp³-hybridized carbons (Fsp3) is 0. The number of para-hydroxylation sites is 2. The van der Waals surface area contributed by atoms with E-state index in [9.17, 15) is 16.4 Å². The third-order valence-corrected chi connectivity index (χ3v) is 8.48. The van der Waals surface area contributed by atoms with Gasteiger partial charge in [-0.05, 0) is 58.5 Å². The van der Waals surface area contributed by atoms with Crippen molar-refractivity contribution in [2.45, 2.75) is 0 Å². The first-order chi connectivity index (χ1) is 41.5. The van der Waals surface area contributed by atoms with Crippen molar-refractivity contribution in [1.82, 2.24) is 24.1 Å². The van der Waals surface area contributed by atoms with E-state index in [0.29, 0.717) is 9.13 Å². The molecule has 0 radical (unpaired) electrons. The molecule has 0 atom stereocenters. The summed E-state index contributed by atoms with van der Waals surface area (Å²) in [6.07, 6.45) is 0. The molecule has 11 aromatic rings. The molecule has 0 aliphatic carbocycles. The van der Waals surface area contributed by atoms with Gasteiger partial charge >= 0.3 is 0 Å². The van der Waals surface area contributed by atoms with Crippen LogP contribution in [-0.2, 0) is 0 Å². The Kier molecular flexibility index (Phi) is 3.03. The number of hydrogen-bond acceptors (Lipinski definition) is 3. The monoisotopic (exact) mass is 748 g/mol. The number of benzene rings is 8. The SMILES string of the molecule is [2H]c1c([2H])c([2H])c(-c2nc(-c3c([2H])c([2H])c(-c4c([2H])c([2H])c([2H])c([2H])c4[2H])c([2H])c3[2H])nc(-n3c4c([2H])c([2H])c([2H])c([2H])c4c4c5c6c([2H])c([2H])c([2H])c([2H])c6n(-c6c([2H])c([2H])c([2H])c(-c7c([2H])c([2H])c([2H])c([2H])c7[2H])c6[2H])c5c([2H])c([2H])c43)n2)c([2H])c1[2H]. The zero-order chi connectivity index (χ0) is 65.7. The number of aromatic nitrogens is 5. The van der Waals surface area contributed by atoms with Crippen LogP contribution in [0.1, 0.15) is 45.2 Å². The number of nitrogens with zero attached hydrogens (tertiary/aromatic N) is 5. The molecule has 0 bridgehead atoms. The minimum atomic E-state index is -1.09. The van der Waals surface area contributed by atoms with E-state index in [1.54, 1.807) is 0 Å². The van der Waals surface area contributed by atoms with Crippen molar-refractivity contribution in [3.8, 4) is 56.7 Å². The van der Waals surface area contributed by atoms with Gasteiger partial charge in [0.25, 0.3) is 0 Å². The van der Waals surface area contributed by atoms with Gasteiger partial charge in [-0.15, -0.1) is 0 Å². The van der Waals surface area contributed by atoms with Crippen molar-refractivity contribution in [1.29, 1.82) is 0 Å². The zero-order valence-electron chi connectivity index (χ0n) is 60.7. The average Bonchev–Trinajstić information content (AvgIpc) is 1.52. The van der Waals surface area contributed by atoms with Gasteiger partial charge in [0.15, 0.2) is 11.6 Å². The van der Waals surface area contributed by atoms with Crippen LogP contribution in [0.5, 0.6) is 0 Å². The zero-order valence-corrected chi connectivity index (χ0v) is 27.7. The van der Waals surface area contributed by atoms with Crippen LogP contribution < -0.4 is 0 Å². The predicted molar refractivity (Wildman–Crippen MR) is 230 cm³/mol. The normalized spacial score (nSPS) is 19.8. The minimum absolute atomic E-state index is 0.607. The van der Waals surface area contributed by atoms with Crippen LogP contribution in [0.3, 0.4) is 0 Å². The molecule has 3 aromatic heterocycles. The second kappa shape index (κ2) is 13.0. The third kappa shape index (κ3) is 5.21. The Balaban J connectivity index is 1.38. The maximum atomic E-state index is 9.99. The van der Waals surface area contributed by atoms with Gasteiger partial charge in [-0.3, -0.25) is 4.57 Å². The Hall–Kier alpha value is -7.63. The van der Waals surface area contributed by atoms with Gasteiger partial charge < -0.3 is 4.57 Å². The molecular formula is C51H33N5. The first-order valence-electron chi connectivity index (χ1n) is 32.7. The van der Waals surface area contributed by atoms with E-state index in [2.05, 4.69) is 15.0 Å². The maximum Gasteiger partial charge on any atom is 0.238 e. The van der Waals surface area contributed by atoms with E-state index < -0.39 is 300 Å². The summed E-state index contributed by atoms with van der Waals surface area (Å²) in [6, 6.07) is -32.7. The predicted octanol–water partition coefficient (Wildman–Crippen LogP) is 12.7. The highest BCUT2D eigenvalue weighted by Crippen LogP contribution is 2.42. The summed E-state index contributed by atoms with van der Waals surface area (Å²) in [4.78, 5) is 13.2. The Morgan fingerprint density at radius 1 is 0.321 bits per heavy atom. The highest BCUT2D eigenvalue weighted by Gasteiger charge is 2.22. The third-order valence-electron chi connectivity index (χ3n) is 8.48. The lowest BCUT2D eigenvalue weighted by atomic mass is 10.0. The highest BCUT2D eigenvalue weighted by molar-refractivity contribution is 6.28. The van der Waals surface area contributed by atoms with Crippen LogP contribution in [0.2, 0.25) is 0 Å². The van der Waals surface area contributed by atoms with Gasteiger partial charge in [0.05, 0.1) is 67.3 Å². The molecule has 11 rings (SSSR count). The van der Waals surface area contributed by atoms with Crippen LogP contribution in [0, 0.1) is 0 Å². The summed E-state index contributed by atoms with van der Waals surface area (Å²) in [7, 11) is 0. The van der Waals surface area contributed by atoms with Gasteiger partial charge in [-0.2, -0.15) is 9.97 Å². The molecule has 5 nitrogen and oxygen atoms in total. The number of hydrogen-bond donors (Lipinski definition) is 0. The smallest absolute Gasteiger partial charge is 0.238 e. The molecule has 0 N–H and O–H groups in total. The van der Waals surface area contributed by atoms with E-state index in [0.717, 1.165) is 0 Å². The summed E-state index contributed by atoms with van der Waals surface area (Å²) in [5, 5.41) is -2.53. The van der Waals surface area contributed by atoms with Crippen LogP contribution in [0.25, 0.3) is 100 Å². The van der Waals surface area contributed by atoms with Gasteiger partial charge in [0.2, 0.25) is 5.95 Å². The van der Waals surface area contributed by atoms with E-state index >= 15 is 0 Å². The Morgan fingerprint density at radius 3 is 1.36 bits per heavy atom. The first-order valence-corrected chi connectivity index (χ1v) is 16.2. The maximum absolute atomic E-state index is 9.99. The molecule has 0 aliphatic rings. The summed E-state index contributed by atoms with van der Waals surface area (Å²) in [6.45, 7) is 0. The van der Waals surface area contributed by atoms with E-state index in [-0.39, 0.29) is 0 Å². The average molecular weight is 749 g/mol. The lowest BCUT2D eigenvalue weighted by Gasteiger charge is -2.12. The van der Waals surface area contributed by atoms with Crippen LogP contribution in [0.15, 0.2) is 199 Å². The summed E-state index contributed by atoms with van der Waals surface area (Å²) >= 11 is 0. The Labute approximate surface area is 369 Å². The van der Waals surface area contributed by atoms with Crippen LogP contribution in [0.4, 0.5) is 0 Å². The summed E-state index contributed by atoms with van der Waals surface area (Å²) < 4.78 is 297. The quantitative estimate of drug-likeness (QED) is 0.170. The van der Waals surface area contributed by atoms with E-state index in [1.807, 2.05) is 0 Å². The standard InChI is InChI=1S/C51H33N5/c1-4-15-34(16-5-1)36-27-29-38(30-28-36)50-52-49(37-19-8-3-9-20-37)53-51(54-50)56-44-26-13-11-24-42(44)48-46(56)32-31-45-47(48)41-23-10-12-25-43(41)55(45)40-22-14-21-39(33-40)35-17-6-2-7-18-35/h1-33H/i1D,2D,3D,4D,5D,6D,7D,8D,9D,10D,11D,12D,13D,14D,15D,16D,17D,18D,19D,20D,21D,22D,23D,24D,25D,26D,27D,28D,29D,30D,31D,32D,33D. The lowest BCUT2D eigenvalue weighted by Crippen LogP contribution is -2.06. The van der Waals surface area contributed by atoms with Gasteiger partial charge in [-0.1, -0.05) is 163 Å². The van der Waals surface area contributed by atoms with Crippen LogP contribution in [-0.4, -0.2) is 24.1 Å².